The molecule has 0 aromatic rings. The summed E-state index contributed by atoms with van der Waals surface area (Å²) < 4.78 is 0. The topological polar surface area (TPSA) is 60.8 Å². The number of likely N-dealkylation sites (tertiary alicyclic amines) is 1. The molecule has 3 aliphatic carbocycles. The van der Waals surface area contributed by atoms with Crippen LogP contribution in [0.25, 0.3) is 0 Å². The lowest BCUT2D eigenvalue weighted by Crippen LogP contribution is -2.27. The Balaban J connectivity index is 1.24. The van der Waals surface area contributed by atoms with Gasteiger partial charge in [0.05, 0.1) is 12.2 Å². The lowest BCUT2D eigenvalue weighted by atomic mass is 9.89. The number of allylic oxidation sites excluding steroid dienone is 2. The Morgan fingerprint density at radius 3 is 2.66 bits per heavy atom. The van der Waals surface area contributed by atoms with Crippen LogP contribution in [0.2, 0.25) is 0 Å². The highest BCUT2D eigenvalue weighted by atomic mass is 16.3. The predicted molar refractivity (Wildman–Crippen MR) is 115 cm³/mol. The fourth-order valence-electron chi connectivity index (χ4n) is 6.32. The van der Waals surface area contributed by atoms with Gasteiger partial charge in [0.15, 0.2) is 0 Å². The first-order valence-electron chi connectivity index (χ1n) is 12.1. The van der Waals surface area contributed by atoms with E-state index >= 15 is 0 Å². The van der Waals surface area contributed by atoms with Crippen LogP contribution in [0.1, 0.15) is 77.0 Å². The lowest BCUT2D eigenvalue weighted by molar-refractivity contribution is -0.130. The molecule has 0 bridgehead atoms. The largest absolute Gasteiger partial charge is 0.392 e. The first-order valence-corrected chi connectivity index (χ1v) is 12.1. The van der Waals surface area contributed by atoms with Gasteiger partial charge in [-0.15, -0.1) is 0 Å². The molecule has 4 rings (SSSR count). The summed E-state index contributed by atoms with van der Waals surface area (Å²) >= 11 is 0. The third-order valence-corrected chi connectivity index (χ3v) is 8.01. The molecular formula is C25H39NO3. The highest BCUT2D eigenvalue weighted by Crippen LogP contribution is 2.50. The molecule has 0 aromatic heterocycles. The highest BCUT2D eigenvalue weighted by Gasteiger charge is 2.45. The van der Waals surface area contributed by atoms with Crippen LogP contribution in [-0.2, 0) is 4.79 Å². The molecule has 2 N–H and O–H groups in total. The highest BCUT2D eigenvalue weighted by molar-refractivity contribution is 5.76. The smallest absolute Gasteiger partial charge is 0.222 e. The predicted octanol–water partition coefficient (Wildman–Crippen LogP) is 4.22. The maximum atomic E-state index is 12.2. The van der Waals surface area contributed by atoms with E-state index in [-0.39, 0.29) is 18.1 Å². The van der Waals surface area contributed by atoms with E-state index in [1.54, 1.807) is 0 Å². The fourth-order valence-corrected chi connectivity index (χ4v) is 6.32. The van der Waals surface area contributed by atoms with Crippen molar-refractivity contribution in [3.8, 4) is 0 Å². The molecule has 4 aliphatic rings. The van der Waals surface area contributed by atoms with E-state index in [1.807, 2.05) is 11.0 Å². The second-order valence-corrected chi connectivity index (χ2v) is 9.98. The van der Waals surface area contributed by atoms with Crippen molar-refractivity contribution >= 4 is 5.91 Å². The number of carbonyl (C=O) groups excluding carboxylic acids is 1. The zero-order valence-electron chi connectivity index (χ0n) is 17.8. The van der Waals surface area contributed by atoms with E-state index in [1.165, 1.54) is 18.4 Å². The number of hydrogen-bond acceptors (Lipinski definition) is 3. The molecule has 1 heterocycles. The maximum Gasteiger partial charge on any atom is 0.222 e. The Morgan fingerprint density at radius 1 is 1.14 bits per heavy atom. The van der Waals surface area contributed by atoms with Crippen molar-refractivity contribution < 1.29 is 15.0 Å². The number of aliphatic hydroxyl groups is 2. The molecule has 1 saturated heterocycles. The van der Waals surface area contributed by atoms with Crippen LogP contribution in [0.3, 0.4) is 0 Å². The second-order valence-electron chi connectivity index (χ2n) is 9.98. The quantitative estimate of drug-likeness (QED) is 0.496. The van der Waals surface area contributed by atoms with Crippen molar-refractivity contribution in [2.24, 2.45) is 23.7 Å². The average molecular weight is 402 g/mol. The Labute approximate surface area is 176 Å². The molecule has 162 valence electrons. The van der Waals surface area contributed by atoms with Gasteiger partial charge in [-0.05, 0) is 75.5 Å². The molecular weight excluding hydrogens is 362 g/mol. The fraction of sp³-hybridized carbons (Fsp3) is 0.800. The number of carbonyl (C=O) groups is 1. The van der Waals surface area contributed by atoms with E-state index in [0.717, 1.165) is 70.9 Å². The summed E-state index contributed by atoms with van der Waals surface area (Å²) in [5, 5.41) is 21.0. The van der Waals surface area contributed by atoms with Crippen molar-refractivity contribution in [2.45, 2.75) is 89.3 Å². The summed E-state index contributed by atoms with van der Waals surface area (Å²) in [5.74, 6) is 2.05. The lowest BCUT2D eigenvalue weighted by Gasteiger charge is -2.19. The molecule has 0 spiro atoms. The number of amides is 1. The van der Waals surface area contributed by atoms with Gasteiger partial charge in [0, 0.05) is 25.4 Å². The molecule has 29 heavy (non-hydrogen) atoms. The number of rotatable bonds is 7. The van der Waals surface area contributed by atoms with Crippen LogP contribution in [0.4, 0.5) is 0 Å². The average Bonchev–Trinajstić information content (AvgIpc) is 3.49. The second kappa shape index (κ2) is 9.78. The van der Waals surface area contributed by atoms with Crippen LogP contribution in [0.15, 0.2) is 23.8 Å². The third-order valence-electron chi connectivity index (χ3n) is 8.01. The maximum absolute atomic E-state index is 12.2. The van der Waals surface area contributed by atoms with Crippen LogP contribution in [0, 0.1) is 23.7 Å². The van der Waals surface area contributed by atoms with Crippen molar-refractivity contribution in [3.63, 3.8) is 0 Å². The van der Waals surface area contributed by atoms with Gasteiger partial charge in [-0.3, -0.25) is 4.79 Å². The third kappa shape index (κ3) is 5.14. The van der Waals surface area contributed by atoms with E-state index in [9.17, 15) is 15.0 Å². The minimum Gasteiger partial charge on any atom is -0.392 e. The molecule has 1 amide bonds. The summed E-state index contributed by atoms with van der Waals surface area (Å²) in [6.07, 6.45) is 18.7. The van der Waals surface area contributed by atoms with E-state index in [4.69, 9.17) is 0 Å². The standard InChI is InChI=1S/C25H39NO3/c27-23(19-8-2-3-9-19)12-11-21-22-16-18(15-20(22)17-24(21)28)7-1-4-10-25(29)26-13-5-6-14-26/h7,11-12,19-24,27-28H,1-6,8-10,13-17H2/b12-11+,18-7?/t20-,21+,22-,23-,24+/m0/s1. The first-order chi connectivity index (χ1) is 14.1. The van der Waals surface area contributed by atoms with Crippen LogP contribution < -0.4 is 0 Å². The van der Waals surface area contributed by atoms with Gasteiger partial charge in [-0.1, -0.05) is 36.6 Å². The zero-order valence-corrected chi connectivity index (χ0v) is 17.8. The summed E-state index contributed by atoms with van der Waals surface area (Å²) in [5.41, 5.74) is 1.52. The van der Waals surface area contributed by atoms with Crippen LogP contribution >= 0.6 is 0 Å². The van der Waals surface area contributed by atoms with Crippen molar-refractivity contribution in [2.75, 3.05) is 13.1 Å². The van der Waals surface area contributed by atoms with Crippen molar-refractivity contribution in [1.82, 2.24) is 4.90 Å². The monoisotopic (exact) mass is 401 g/mol. The minimum atomic E-state index is -0.340. The van der Waals surface area contributed by atoms with E-state index in [0.29, 0.717) is 30.1 Å². The molecule has 4 fully saturated rings. The Morgan fingerprint density at radius 2 is 1.90 bits per heavy atom. The van der Waals surface area contributed by atoms with Gasteiger partial charge in [-0.25, -0.2) is 0 Å². The summed E-state index contributed by atoms with van der Waals surface area (Å²) in [7, 11) is 0. The van der Waals surface area contributed by atoms with Crippen molar-refractivity contribution in [1.29, 1.82) is 0 Å². The molecule has 1 aliphatic heterocycles. The van der Waals surface area contributed by atoms with E-state index < -0.39 is 0 Å². The Hall–Kier alpha value is -1.13. The summed E-state index contributed by atoms with van der Waals surface area (Å²) in [4.78, 5) is 14.2. The Bertz CT molecular complexity index is 616. The summed E-state index contributed by atoms with van der Waals surface area (Å²) in [6.45, 7) is 1.91. The van der Waals surface area contributed by atoms with Crippen LogP contribution in [-0.4, -0.2) is 46.3 Å². The van der Waals surface area contributed by atoms with Crippen LogP contribution in [0.5, 0.6) is 0 Å². The van der Waals surface area contributed by atoms with Gasteiger partial charge in [0.2, 0.25) is 5.91 Å². The van der Waals surface area contributed by atoms with Gasteiger partial charge in [-0.2, -0.15) is 0 Å². The van der Waals surface area contributed by atoms with E-state index in [2.05, 4.69) is 12.2 Å². The normalized spacial score (nSPS) is 35.2. The number of unbranched alkanes of at least 4 members (excludes halogenated alkanes) is 1. The molecule has 0 unspecified atom stereocenters. The molecule has 3 saturated carbocycles. The SMILES string of the molecule is O=C(CCCC=C1C[C@H]2C[C@@H](O)[C@H](/C=C/[C@H](O)C3CCCC3)[C@H]2C1)N1CCCC1. The minimum absolute atomic E-state index is 0.193. The molecule has 4 heteroatoms. The van der Waals surface area contributed by atoms with Crippen molar-refractivity contribution in [3.05, 3.63) is 23.8 Å². The molecule has 0 aromatic carbocycles. The Kier molecular flexibility index (Phi) is 7.12. The van der Waals surface area contributed by atoms with Gasteiger partial charge < -0.3 is 15.1 Å². The molecule has 5 atom stereocenters. The zero-order chi connectivity index (χ0) is 20.2. The van der Waals surface area contributed by atoms with Gasteiger partial charge in [0.25, 0.3) is 0 Å². The van der Waals surface area contributed by atoms with Gasteiger partial charge >= 0.3 is 0 Å². The molecule has 0 radical (unpaired) electrons. The number of aliphatic hydroxyl groups excluding tert-OH is 2. The number of hydrogen-bond donors (Lipinski definition) is 2. The van der Waals surface area contributed by atoms with Gasteiger partial charge in [0.1, 0.15) is 0 Å². The first kappa shape index (κ1) is 21.1. The number of nitrogens with zero attached hydrogens (tertiary/aromatic N) is 1. The number of fused-ring (bicyclic) bond motifs is 1. The summed E-state index contributed by atoms with van der Waals surface area (Å²) in [6, 6.07) is 0. The molecule has 4 nitrogen and oxygen atoms in total.